The highest BCUT2D eigenvalue weighted by Gasteiger charge is 2.36. The van der Waals surface area contributed by atoms with E-state index in [1.54, 1.807) is 11.1 Å². The summed E-state index contributed by atoms with van der Waals surface area (Å²) in [7, 11) is 0.818. The molecule has 20 heavy (non-hydrogen) atoms. The van der Waals surface area contributed by atoms with E-state index in [9.17, 15) is 0 Å². The molecule has 0 nitrogen and oxygen atoms in total. The summed E-state index contributed by atoms with van der Waals surface area (Å²) in [6.45, 7) is 11.8. The van der Waals surface area contributed by atoms with Crippen molar-refractivity contribution >= 4 is 28.3 Å². The van der Waals surface area contributed by atoms with Gasteiger partial charge in [-0.1, -0.05) is 67.5 Å². The van der Waals surface area contributed by atoms with Gasteiger partial charge in [0.05, 0.1) is 0 Å². The molecular formula is C18H26BrP. The monoisotopic (exact) mass is 352 g/mol. The van der Waals surface area contributed by atoms with E-state index >= 15 is 0 Å². The molecule has 1 aliphatic carbocycles. The fourth-order valence-electron chi connectivity index (χ4n) is 3.14. The molecule has 0 N–H and O–H groups in total. The van der Waals surface area contributed by atoms with Crippen molar-refractivity contribution in [3.05, 3.63) is 41.0 Å². The Bertz CT molecular complexity index is 526. The maximum Gasteiger partial charge on any atom is -0.00677 e. The van der Waals surface area contributed by atoms with Gasteiger partial charge >= 0.3 is 0 Å². The van der Waals surface area contributed by atoms with Crippen LogP contribution in [0.4, 0.5) is 0 Å². The lowest BCUT2D eigenvalue weighted by molar-refractivity contribution is 0.332. The molecule has 0 spiro atoms. The molecule has 110 valence electrons. The average molecular weight is 353 g/mol. The molecule has 0 amide bonds. The summed E-state index contributed by atoms with van der Waals surface area (Å²) < 4.78 is 0. The third-order valence-electron chi connectivity index (χ3n) is 4.79. The molecule has 1 aliphatic rings. The summed E-state index contributed by atoms with van der Waals surface area (Å²) in [6.07, 6.45) is 6.03. The highest BCUT2D eigenvalue weighted by molar-refractivity contribution is 9.36. The Morgan fingerprint density at radius 2 is 1.75 bits per heavy atom. The summed E-state index contributed by atoms with van der Waals surface area (Å²) in [5.74, 6) is 0. The van der Waals surface area contributed by atoms with Gasteiger partial charge < -0.3 is 0 Å². The molecule has 0 radical (unpaired) electrons. The molecule has 2 heteroatoms. The normalized spacial score (nSPS) is 21.2. The van der Waals surface area contributed by atoms with Crippen LogP contribution in [0.3, 0.4) is 0 Å². The minimum absolute atomic E-state index is 0.304. The van der Waals surface area contributed by atoms with Gasteiger partial charge in [-0.2, -0.15) is 0 Å². The molecule has 2 rings (SSSR count). The molecule has 0 heterocycles. The predicted molar refractivity (Wildman–Crippen MR) is 97.5 cm³/mol. The van der Waals surface area contributed by atoms with Gasteiger partial charge in [-0.3, -0.25) is 0 Å². The van der Waals surface area contributed by atoms with Gasteiger partial charge in [0, 0.05) is 0 Å². The molecule has 0 aliphatic heterocycles. The summed E-state index contributed by atoms with van der Waals surface area (Å²) >= 11 is 3.53. The van der Waals surface area contributed by atoms with Crippen molar-refractivity contribution in [1.29, 1.82) is 0 Å². The maximum atomic E-state index is 3.53. The summed E-state index contributed by atoms with van der Waals surface area (Å²) in [5.41, 5.74) is 6.52. The van der Waals surface area contributed by atoms with Crippen LogP contribution in [0.2, 0.25) is 0 Å². The highest BCUT2D eigenvalue weighted by Crippen LogP contribution is 2.46. The fourth-order valence-corrected chi connectivity index (χ4v) is 4.01. The van der Waals surface area contributed by atoms with Crippen molar-refractivity contribution in [3.8, 4) is 0 Å². The smallest absolute Gasteiger partial charge is 0.00677 e. The van der Waals surface area contributed by atoms with E-state index in [-0.39, 0.29) is 0 Å². The average Bonchev–Trinajstić information content (AvgIpc) is 2.41. The van der Waals surface area contributed by atoms with E-state index in [1.807, 2.05) is 0 Å². The van der Waals surface area contributed by atoms with E-state index in [1.165, 1.54) is 24.0 Å². The molecule has 0 bridgehead atoms. The Morgan fingerprint density at radius 1 is 1.15 bits per heavy atom. The largest absolute Gasteiger partial charge is 0.0761 e. The predicted octanol–water partition coefficient (Wildman–Crippen LogP) is 6.43. The van der Waals surface area contributed by atoms with Crippen molar-refractivity contribution < 1.29 is 0 Å². The standard InChI is InChI=1S/C18H26BrP/c1-13(8-11-20-19)14-6-7-15-16(12-14)18(4,5)10-9-17(15,2)3/h6-8,12,20H,9-11H2,1-5H3. The number of hydrogen-bond donors (Lipinski definition) is 0. The number of hydrogen-bond acceptors (Lipinski definition) is 0. The first-order chi connectivity index (χ1) is 9.28. The first-order valence-corrected chi connectivity index (χ1v) is 10.9. The molecule has 1 atom stereocenters. The summed E-state index contributed by atoms with van der Waals surface area (Å²) in [4.78, 5) is 0. The number of benzene rings is 1. The Hall–Kier alpha value is -0.130. The Balaban J connectivity index is 2.49. The van der Waals surface area contributed by atoms with E-state index in [0.717, 1.165) is 13.4 Å². The van der Waals surface area contributed by atoms with E-state index in [0.29, 0.717) is 10.8 Å². The molecular weight excluding hydrogens is 327 g/mol. The van der Waals surface area contributed by atoms with E-state index in [4.69, 9.17) is 0 Å². The summed E-state index contributed by atoms with van der Waals surface area (Å²) in [5, 5.41) is 0. The number of rotatable bonds is 3. The first kappa shape index (κ1) is 16.2. The molecule has 1 unspecified atom stereocenters. The van der Waals surface area contributed by atoms with Crippen LogP contribution in [0, 0.1) is 0 Å². The van der Waals surface area contributed by atoms with Crippen LogP contribution in [0.1, 0.15) is 64.2 Å². The minimum Gasteiger partial charge on any atom is -0.0761 e. The fraction of sp³-hybridized carbons (Fsp3) is 0.556. The second-order valence-electron chi connectivity index (χ2n) is 7.25. The molecule has 0 saturated heterocycles. The van der Waals surface area contributed by atoms with Gasteiger partial charge in [0.2, 0.25) is 0 Å². The van der Waals surface area contributed by atoms with Crippen LogP contribution < -0.4 is 0 Å². The Morgan fingerprint density at radius 3 is 2.35 bits per heavy atom. The third kappa shape index (κ3) is 3.20. The molecule has 1 aromatic carbocycles. The number of fused-ring (bicyclic) bond motifs is 1. The van der Waals surface area contributed by atoms with Crippen LogP contribution in [-0.4, -0.2) is 6.16 Å². The van der Waals surface area contributed by atoms with Gasteiger partial charge in [-0.15, -0.1) is 0 Å². The van der Waals surface area contributed by atoms with Crippen molar-refractivity contribution in [2.45, 2.75) is 58.3 Å². The van der Waals surface area contributed by atoms with Gasteiger partial charge in [0.25, 0.3) is 0 Å². The van der Waals surface area contributed by atoms with Gasteiger partial charge in [0.15, 0.2) is 0 Å². The molecule has 1 aromatic rings. The van der Waals surface area contributed by atoms with Gasteiger partial charge in [0.1, 0.15) is 0 Å². The van der Waals surface area contributed by atoms with Crippen LogP contribution in [0.25, 0.3) is 5.57 Å². The Kier molecular flexibility index (Phi) is 4.82. The second-order valence-corrected chi connectivity index (χ2v) is 9.61. The minimum atomic E-state index is 0.304. The van der Waals surface area contributed by atoms with Crippen molar-refractivity contribution in [1.82, 2.24) is 0 Å². The lowest BCUT2D eigenvalue weighted by atomic mass is 9.63. The Labute approximate surface area is 134 Å². The molecule has 0 saturated carbocycles. The highest BCUT2D eigenvalue weighted by atomic mass is 79.9. The number of halogens is 1. The first-order valence-electron chi connectivity index (χ1n) is 7.43. The van der Waals surface area contributed by atoms with E-state index in [2.05, 4.69) is 74.4 Å². The van der Waals surface area contributed by atoms with Crippen molar-refractivity contribution in [2.75, 3.05) is 6.16 Å². The quantitative estimate of drug-likeness (QED) is 0.550. The maximum absolute atomic E-state index is 3.53. The lowest BCUT2D eigenvalue weighted by Gasteiger charge is -2.42. The lowest BCUT2D eigenvalue weighted by Crippen LogP contribution is -2.33. The zero-order valence-corrected chi connectivity index (χ0v) is 15.9. The van der Waals surface area contributed by atoms with Crippen LogP contribution in [-0.2, 0) is 10.8 Å². The van der Waals surface area contributed by atoms with E-state index < -0.39 is 0 Å². The third-order valence-corrected chi connectivity index (χ3v) is 6.12. The second kappa shape index (κ2) is 5.93. The number of allylic oxidation sites excluding steroid dienone is 2. The molecule has 0 fully saturated rings. The van der Waals surface area contributed by atoms with Crippen LogP contribution in [0.15, 0.2) is 24.3 Å². The summed E-state index contributed by atoms with van der Waals surface area (Å²) in [6, 6.07) is 7.13. The zero-order valence-electron chi connectivity index (χ0n) is 13.3. The van der Waals surface area contributed by atoms with Crippen molar-refractivity contribution in [2.24, 2.45) is 0 Å². The zero-order chi connectivity index (χ0) is 15.0. The SMILES string of the molecule is CC(=CCPBr)c1ccc2c(c1)C(C)(C)CCC2(C)C. The topological polar surface area (TPSA) is 0 Å². The van der Waals surface area contributed by atoms with Gasteiger partial charge in [-0.05, 0) is 66.3 Å². The van der Waals surface area contributed by atoms with Crippen molar-refractivity contribution in [3.63, 3.8) is 0 Å². The molecule has 0 aromatic heterocycles. The van der Waals surface area contributed by atoms with Crippen LogP contribution >= 0.6 is 22.8 Å². The van der Waals surface area contributed by atoms with Gasteiger partial charge in [-0.25, -0.2) is 0 Å². The van der Waals surface area contributed by atoms with Crippen LogP contribution in [0.5, 0.6) is 0 Å².